The van der Waals surface area contributed by atoms with Crippen molar-refractivity contribution in [3.05, 3.63) is 57.2 Å². The highest BCUT2D eigenvalue weighted by atomic mass is 35.5. The molecule has 0 fully saturated rings. The summed E-state index contributed by atoms with van der Waals surface area (Å²) in [6.45, 7) is 0. The molecule has 5 nitrogen and oxygen atoms in total. The number of hydrogen-bond donors (Lipinski definition) is 2. The molecule has 1 aromatic carbocycles. The van der Waals surface area contributed by atoms with Gasteiger partial charge >= 0.3 is 0 Å². The molecule has 0 saturated heterocycles. The zero-order valence-electron chi connectivity index (χ0n) is 12.4. The Balaban J connectivity index is 1.82. The number of Topliss-reactive ketones (excluding diaryl/α,β-unsaturated/α-hetero) is 1. The van der Waals surface area contributed by atoms with Crippen LogP contribution in [-0.4, -0.2) is 21.9 Å². The first-order valence-corrected chi connectivity index (χ1v) is 8.61. The maximum atomic E-state index is 12.9. The van der Waals surface area contributed by atoms with Crippen molar-refractivity contribution in [1.29, 1.82) is 0 Å². The minimum Gasteiger partial charge on any atom is -0.309 e. The van der Waals surface area contributed by atoms with Gasteiger partial charge in [-0.3, -0.25) is 14.7 Å². The Morgan fingerprint density at radius 2 is 2.04 bits per heavy atom. The second kappa shape index (κ2) is 5.89. The Morgan fingerprint density at radius 3 is 2.75 bits per heavy atom. The van der Waals surface area contributed by atoms with Crippen molar-refractivity contribution in [3.63, 3.8) is 0 Å². The number of H-pyrrole nitrogens is 1. The lowest BCUT2D eigenvalue weighted by Crippen LogP contribution is -2.27. The summed E-state index contributed by atoms with van der Waals surface area (Å²) >= 11 is 7.32. The number of amides is 1. The first-order chi connectivity index (χ1) is 11.6. The maximum Gasteiger partial charge on any atom is 0.226 e. The molecule has 2 aromatic heterocycles. The molecule has 3 aromatic rings. The molecule has 24 heavy (non-hydrogen) atoms. The summed E-state index contributed by atoms with van der Waals surface area (Å²) in [5.41, 5.74) is 2.33. The molecule has 0 aliphatic carbocycles. The zero-order chi connectivity index (χ0) is 16.7. The number of rotatable bonds is 3. The number of ketones is 1. The Kier molecular flexibility index (Phi) is 3.70. The molecule has 1 unspecified atom stereocenters. The highest BCUT2D eigenvalue weighted by Crippen LogP contribution is 2.40. The number of anilines is 1. The molecular formula is C17H12ClN3O2S. The number of halogens is 1. The van der Waals surface area contributed by atoms with Crippen LogP contribution in [0.4, 0.5) is 5.82 Å². The van der Waals surface area contributed by atoms with Crippen LogP contribution in [0.5, 0.6) is 0 Å². The van der Waals surface area contributed by atoms with Gasteiger partial charge in [0.2, 0.25) is 5.91 Å². The molecule has 2 N–H and O–H groups in total. The van der Waals surface area contributed by atoms with Crippen LogP contribution >= 0.6 is 22.9 Å². The molecule has 1 aliphatic heterocycles. The van der Waals surface area contributed by atoms with E-state index in [1.54, 1.807) is 18.2 Å². The summed E-state index contributed by atoms with van der Waals surface area (Å²) in [5, 5.41) is 12.3. The molecular weight excluding hydrogens is 346 g/mol. The number of benzene rings is 1. The summed E-state index contributed by atoms with van der Waals surface area (Å²) in [6.07, 6.45) is 0.115. The number of aromatic nitrogens is 2. The average Bonchev–Trinajstić information content (AvgIpc) is 3.23. The first-order valence-electron chi connectivity index (χ1n) is 7.35. The van der Waals surface area contributed by atoms with Gasteiger partial charge in [-0.15, -0.1) is 11.3 Å². The molecule has 1 atom stereocenters. The highest BCUT2D eigenvalue weighted by molar-refractivity contribution is 7.12. The number of carbonyl (C=O) groups excluding carboxylic acids is 2. The van der Waals surface area contributed by atoms with E-state index in [1.807, 2.05) is 23.6 Å². The fourth-order valence-electron chi connectivity index (χ4n) is 2.91. The van der Waals surface area contributed by atoms with Crippen molar-refractivity contribution in [2.75, 3.05) is 5.32 Å². The van der Waals surface area contributed by atoms with Gasteiger partial charge in [-0.2, -0.15) is 5.10 Å². The fourth-order valence-corrected chi connectivity index (χ4v) is 3.75. The molecule has 0 radical (unpaired) electrons. The summed E-state index contributed by atoms with van der Waals surface area (Å²) in [6, 6.07) is 10.9. The van der Waals surface area contributed by atoms with Crippen molar-refractivity contribution in [3.8, 4) is 11.3 Å². The molecule has 0 bridgehead atoms. The third-order valence-electron chi connectivity index (χ3n) is 4.01. The lowest BCUT2D eigenvalue weighted by molar-refractivity contribution is -0.116. The highest BCUT2D eigenvalue weighted by Gasteiger charge is 2.36. The molecule has 4 rings (SSSR count). The van der Waals surface area contributed by atoms with Gasteiger partial charge in [0.1, 0.15) is 0 Å². The Hall–Kier alpha value is -2.44. The van der Waals surface area contributed by atoms with E-state index in [1.165, 1.54) is 11.3 Å². The van der Waals surface area contributed by atoms with E-state index in [2.05, 4.69) is 15.5 Å². The summed E-state index contributed by atoms with van der Waals surface area (Å²) in [7, 11) is 0. The maximum absolute atomic E-state index is 12.9. The van der Waals surface area contributed by atoms with E-state index in [0.717, 1.165) is 16.8 Å². The molecule has 0 spiro atoms. The van der Waals surface area contributed by atoms with Gasteiger partial charge in [-0.1, -0.05) is 29.8 Å². The van der Waals surface area contributed by atoms with Crippen LogP contribution in [0.25, 0.3) is 11.3 Å². The molecule has 1 aliphatic rings. The molecule has 7 heteroatoms. The largest absolute Gasteiger partial charge is 0.309 e. The van der Waals surface area contributed by atoms with Crippen LogP contribution in [-0.2, 0) is 4.79 Å². The van der Waals surface area contributed by atoms with Gasteiger partial charge in [-0.25, -0.2) is 0 Å². The second-order valence-corrected chi connectivity index (χ2v) is 6.90. The normalized spacial score (nSPS) is 16.5. The number of fused-ring (bicyclic) bond motifs is 1. The van der Waals surface area contributed by atoms with Gasteiger partial charge in [0.15, 0.2) is 11.6 Å². The van der Waals surface area contributed by atoms with E-state index in [0.29, 0.717) is 15.7 Å². The monoisotopic (exact) mass is 357 g/mol. The molecule has 120 valence electrons. The van der Waals surface area contributed by atoms with Gasteiger partial charge in [0, 0.05) is 22.6 Å². The van der Waals surface area contributed by atoms with Crippen molar-refractivity contribution in [2.45, 2.75) is 12.3 Å². The summed E-state index contributed by atoms with van der Waals surface area (Å²) in [5.74, 6) is -0.382. The van der Waals surface area contributed by atoms with Crippen LogP contribution in [0.3, 0.4) is 0 Å². The number of hydrogen-bond acceptors (Lipinski definition) is 4. The topological polar surface area (TPSA) is 74.8 Å². The number of carbonyl (C=O) groups is 2. The van der Waals surface area contributed by atoms with Crippen LogP contribution < -0.4 is 5.32 Å². The summed E-state index contributed by atoms with van der Waals surface area (Å²) < 4.78 is 0. The predicted octanol–water partition coefficient (Wildman–Crippen LogP) is 4.10. The van der Waals surface area contributed by atoms with Crippen LogP contribution in [0.2, 0.25) is 5.02 Å². The van der Waals surface area contributed by atoms with Gasteiger partial charge in [-0.05, 0) is 23.6 Å². The van der Waals surface area contributed by atoms with E-state index >= 15 is 0 Å². The van der Waals surface area contributed by atoms with Crippen LogP contribution in [0.1, 0.15) is 27.6 Å². The van der Waals surface area contributed by atoms with Gasteiger partial charge < -0.3 is 5.32 Å². The SMILES string of the molecule is O=C1CC(C(=O)c2cccs2)c2c(n[nH]c2-c2ccc(Cl)cc2)N1. The molecule has 0 saturated carbocycles. The Bertz CT molecular complexity index is 916. The number of thiophene rings is 1. The Morgan fingerprint density at radius 1 is 1.25 bits per heavy atom. The quantitative estimate of drug-likeness (QED) is 0.693. The number of nitrogens with zero attached hydrogens (tertiary/aromatic N) is 1. The summed E-state index contributed by atoms with van der Waals surface area (Å²) in [4.78, 5) is 25.5. The predicted molar refractivity (Wildman–Crippen MR) is 93.7 cm³/mol. The molecule has 1 amide bonds. The van der Waals surface area contributed by atoms with E-state index < -0.39 is 5.92 Å². The third kappa shape index (κ3) is 2.53. The second-order valence-electron chi connectivity index (χ2n) is 5.51. The lowest BCUT2D eigenvalue weighted by Gasteiger charge is -2.21. The van der Waals surface area contributed by atoms with Crippen molar-refractivity contribution in [1.82, 2.24) is 10.2 Å². The van der Waals surface area contributed by atoms with Gasteiger partial charge in [0.05, 0.1) is 16.5 Å². The fraction of sp³-hybridized carbons (Fsp3) is 0.118. The third-order valence-corrected chi connectivity index (χ3v) is 5.15. The van der Waals surface area contributed by atoms with E-state index in [9.17, 15) is 9.59 Å². The van der Waals surface area contributed by atoms with Crippen molar-refractivity contribution < 1.29 is 9.59 Å². The van der Waals surface area contributed by atoms with E-state index in [-0.39, 0.29) is 18.1 Å². The van der Waals surface area contributed by atoms with Crippen molar-refractivity contribution in [2.24, 2.45) is 0 Å². The first kappa shape index (κ1) is 15.1. The molecule has 3 heterocycles. The van der Waals surface area contributed by atoms with Crippen molar-refractivity contribution >= 4 is 40.4 Å². The minimum absolute atomic E-state index is 0.0577. The Labute approximate surface area is 146 Å². The number of nitrogens with one attached hydrogen (secondary N) is 2. The lowest BCUT2D eigenvalue weighted by atomic mass is 9.86. The minimum atomic E-state index is -0.545. The standard InChI is InChI=1S/C17H12ClN3O2S/c18-10-5-3-9(4-6-10)15-14-11(16(23)12-2-1-7-24-12)8-13(22)19-17(14)21-20-15/h1-7,11H,8H2,(H2,19,20,21,22). The smallest absolute Gasteiger partial charge is 0.226 e. The zero-order valence-corrected chi connectivity index (χ0v) is 13.9. The van der Waals surface area contributed by atoms with Crippen LogP contribution in [0.15, 0.2) is 41.8 Å². The number of aromatic amines is 1. The van der Waals surface area contributed by atoms with E-state index in [4.69, 9.17) is 11.6 Å². The average molecular weight is 358 g/mol. The van der Waals surface area contributed by atoms with Gasteiger partial charge in [0.25, 0.3) is 0 Å². The van der Waals surface area contributed by atoms with Crippen LogP contribution in [0, 0.1) is 0 Å².